The smallest absolute Gasteiger partial charge is 0.271 e. The Balaban J connectivity index is 1.70. The Morgan fingerprint density at radius 2 is 1.96 bits per heavy atom. The Bertz CT molecular complexity index is 744. The van der Waals surface area contributed by atoms with E-state index in [2.05, 4.69) is 25.8 Å². The lowest BCUT2D eigenvalue weighted by atomic mass is 9.75. The van der Waals surface area contributed by atoms with Crippen LogP contribution in [-0.4, -0.2) is 46.9 Å². The van der Waals surface area contributed by atoms with Crippen molar-refractivity contribution in [3.63, 3.8) is 0 Å². The van der Waals surface area contributed by atoms with Gasteiger partial charge in [-0.3, -0.25) is 9.59 Å². The molecule has 1 saturated carbocycles. The van der Waals surface area contributed by atoms with Gasteiger partial charge in [0.2, 0.25) is 0 Å². The van der Waals surface area contributed by atoms with E-state index < -0.39 is 0 Å². The van der Waals surface area contributed by atoms with E-state index in [4.69, 9.17) is 4.74 Å². The standard InChI is InChI=1S/C20H28N2O3/c1-12-16-14(9-19(2,3)10-15(16)23)21-17(12)18(24)22-7-8-25-11-20(22,4)13-5-6-13/h13,21H,5-11H2,1-4H3. The lowest BCUT2D eigenvalue weighted by Crippen LogP contribution is -2.58. The van der Waals surface area contributed by atoms with Crippen molar-refractivity contribution < 1.29 is 14.3 Å². The predicted octanol–water partition coefficient (Wildman–Crippen LogP) is 3.12. The van der Waals surface area contributed by atoms with Crippen LogP contribution in [0.5, 0.6) is 0 Å². The SMILES string of the molecule is Cc1c(C(=O)N2CCOCC2(C)C2CC2)[nH]c2c1C(=O)CC(C)(C)C2. The first-order valence-electron chi connectivity index (χ1n) is 9.37. The number of nitrogens with one attached hydrogen (secondary N) is 1. The van der Waals surface area contributed by atoms with E-state index in [1.54, 1.807) is 0 Å². The first-order valence-corrected chi connectivity index (χ1v) is 9.37. The highest BCUT2D eigenvalue weighted by atomic mass is 16.5. The molecule has 1 saturated heterocycles. The maximum Gasteiger partial charge on any atom is 0.271 e. The summed E-state index contributed by atoms with van der Waals surface area (Å²) in [5, 5.41) is 0. The third kappa shape index (κ3) is 2.64. The number of rotatable bonds is 2. The van der Waals surface area contributed by atoms with E-state index in [9.17, 15) is 9.59 Å². The summed E-state index contributed by atoms with van der Waals surface area (Å²) in [6.07, 6.45) is 3.68. The average molecular weight is 344 g/mol. The Hall–Kier alpha value is -1.62. The number of H-pyrrole nitrogens is 1. The summed E-state index contributed by atoms with van der Waals surface area (Å²) in [5.41, 5.74) is 2.84. The van der Waals surface area contributed by atoms with Crippen LogP contribution in [0, 0.1) is 18.3 Å². The summed E-state index contributed by atoms with van der Waals surface area (Å²) in [6.45, 7) is 10.1. The van der Waals surface area contributed by atoms with Crippen molar-refractivity contribution in [2.24, 2.45) is 11.3 Å². The van der Waals surface area contributed by atoms with Crippen LogP contribution < -0.4 is 0 Å². The molecule has 5 nitrogen and oxygen atoms in total. The fourth-order valence-electron chi connectivity index (χ4n) is 4.73. The second kappa shape index (κ2) is 5.44. The van der Waals surface area contributed by atoms with Crippen molar-refractivity contribution in [3.05, 3.63) is 22.5 Å². The largest absolute Gasteiger partial charge is 0.377 e. The van der Waals surface area contributed by atoms with E-state index in [1.165, 1.54) is 0 Å². The number of amides is 1. The minimum absolute atomic E-state index is 0.0233. The van der Waals surface area contributed by atoms with Crippen LogP contribution in [0.3, 0.4) is 0 Å². The molecule has 5 heteroatoms. The highest BCUT2D eigenvalue weighted by Crippen LogP contribution is 2.45. The van der Waals surface area contributed by atoms with Gasteiger partial charge in [-0.25, -0.2) is 0 Å². The molecule has 136 valence electrons. The number of ether oxygens (including phenoxy) is 1. The number of ketones is 1. The highest BCUT2D eigenvalue weighted by molar-refractivity contribution is 6.04. The molecule has 1 aliphatic heterocycles. The van der Waals surface area contributed by atoms with Crippen molar-refractivity contribution in [3.8, 4) is 0 Å². The monoisotopic (exact) mass is 344 g/mol. The number of hydrogen-bond donors (Lipinski definition) is 1. The van der Waals surface area contributed by atoms with Crippen molar-refractivity contribution in [2.45, 2.75) is 58.9 Å². The minimum atomic E-state index is -0.226. The quantitative estimate of drug-likeness (QED) is 0.896. The van der Waals surface area contributed by atoms with Gasteiger partial charge in [0.05, 0.1) is 18.8 Å². The summed E-state index contributed by atoms with van der Waals surface area (Å²) in [6, 6.07) is 0. The molecule has 1 atom stereocenters. The van der Waals surface area contributed by atoms with E-state index in [-0.39, 0.29) is 22.6 Å². The van der Waals surface area contributed by atoms with Gasteiger partial charge < -0.3 is 14.6 Å². The third-order valence-electron chi connectivity index (χ3n) is 6.29. The molecule has 0 radical (unpaired) electrons. The van der Waals surface area contributed by atoms with Gasteiger partial charge >= 0.3 is 0 Å². The molecule has 1 amide bonds. The van der Waals surface area contributed by atoms with Crippen molar-refractivity contribution in [2.75, 3.05) is 19.8 Å². The lowest BCUT2D eigenvalue weighted by Gasteiger charge is -2.45. The maximum absolute atomic E-state index is 13.4. The summed E-state index contributed by atoms with van der Waals surface area (Å²) < 4.78 is 5.70. The molecule has 1 N–H and O–H groups in total. The molecule has 1 aromatic rings. The number of hydrogen-bond acceptors (Lipinski definition) is 3. The van der Waals surface area contributed by atoms with E-state index in [0.29, 0.717) is 37.8 Å². The van der Waals surface area contributed by atoms with Gasteiger partial charge in [0.1, 0.15) is 5.69 Å². The number of Topliss-reactive ketones (excluding diaryl/α,β-unsaturated/α-hetero) is 1. The molecule has 0 aromatic carbocycles. The number of carbonyl (C=O) groups excluding carboxylic acids is 2. The maximum atomic E-state index is 13.4. The predicted molar refractivity (Wildman–Crippen MR) is 94.9 cm³/mol. The molecule has 1 aromatic heterocycles. The molecule has 2 aliphatic carbocycles. The number of morpholine rings is 1. The van der Waals surface area contributed by atoms with Gasteiger partial charge in [0.15, 0.2) is 5.78 Å². The number of nitrogens with zero attached hydrogens (tertiary/aromatic N) is 1. The topological polar surface area (TPSA) is 62.4 Å². The molecule has 2 heterocycles. The number of aromatic amines is 1. The molecular formula is C20H28N2O3. The fourth-order valence-corrected chi connectivity index (χ4v) is 4.73. The first-order chi connectivity index (χ1) is 11.7. The van der Waals surface area contributed by atoms with Gasteiger partial charge in [-0.1, -0.05) is 13.8 Å². The molecule has 1 unspecified atom stereocenters. The Labute approximate surface area is 149 Å². The normalized spacial score (nSPS) is 28.8. The Morgan fingerprint density at radius 1 is 1.24 bits per heavy atom. The zero-order valence-corrected chi connectivity index (χ0v) is 15.7. The minimum Gasteiger partial charge on any atom is -0.377 e. The third-order valence-corrected chi connectivity index (χ3v) is 6.29. The number of fused-ring (bicyclic) bond motifs is 1. The van der Waals surface area contributed by atoms with Crippen LogP contribution in [0.4, 0.5) is 0 Å². The second-order valence-electron chi connectivity index (χ2n) is 9.06. The van der Waals surface area contributed by atoms with E-state index >= 15 is 0 Å². The molecular weight excluding hydrogens is 316 g/mol. The lowest BCUT2D eigenvalue weighted by molar-refractivity contribution is -0.0549. The van der Waals surface area contributed by atoms with Crippen LogP contribution in [0.15, 0.2) is 0 Å². The van der Waals surface area contributed by atoms with Crippen LogP contribution in [0.1, 0.15) is 72.1 Å². The van der Waals surface area contributed by atoms with Gasteiger partial charge in [-0.05, 0) is 50.0 Å². The molecule has 2 fully saturated rings. The Morgan fingerprint density at radius 3 is 2.64 bits per heavy atom. The average Bonchev–Trinajstić information content (AvgIpc) is 3.31. The number of aromatic nitrogens is 1. The number of carbonyl (C=O) groups is 2. The van der Waals surface area contributed by atoms with Crippen LogP contribution in [0.25, 0.3) is 0 Å². The van der Waals surface area contributed by atoms with Gasteiger partial charge in [-0.2, -0.15) is 0 Å². The Kier molecular flexibility index (Phi) is 3.66. The van der Waals surface area contributed by atoms with Crippen molar-refractivity contribution >= 4 is 11.7 Å². The van der Waals surface area contributed by atoms with Crippen LogP contribution in [0.2, 0.25) is 0 Å². The molecule has 4 rings (SSSR count). The molecule has 0 spiro atoms. The molecule has 25 heavy (non-hydrogen) atoms. The summed E-state index contributed by atoms with van der Waals surface area (Å²) >= 11 is 0. The van der Waals surface area contributed by atoms with Gasteiger partial charge in [-0.15, -0.1) is 0 Å². The fraction of sp³-hybridized carbons (Fsp3) is 0.700. The van der Waals surface area contributed by atoms with E-state index in [1.807, 2.05) is 11.8 Å². The van der Waals surface area contributed by atoms with Crippen LogP contribution >= 0.6 is 0 Å². The summed E-state index contributed by atoms with van der Waals surface area (Å²) in [5.74, 6) is 0.711. The zero-order valence-electron chi connectivity index (χ0n) is 15.7. The first kappa shape index (κ1) is 16.8. The molecule has 3 aliphatic rings. The summed E-state index contributed by atoms with van der Waals surface area (Å²) in [7, 11) is 0. The van der Waals surface area contributed by atoms with Gasteiger partial charge in [0, 0.05) is 24.2 Å². The zero-order chi connectivity index (χ0) is 18.0. The van der Waals surface area contributed by atoms with Crippen molar-refractivity contribution in [1.29, 1.82) is 0 Å². The summed E-state index contributed by atoms with van der Waals surface area (Å²) in [4.78, 5) is 31.3. The van der Waals surface area contributed by atoms with Crippen molar-refractivity contribution in [1.82, 2.24) is 9.88 Å². The highest BCUT2D eigenvalue weighted by Gasteiger charge is 2.50. The van der Waals surface area contributed by atoms with Gasteiger partial charge in [0.25, 0.3) is 5.91 Å². The van der Waals surface area contributed by atoms with Crippen LogP contribution in [-0.2, 0) is 11.2 Å². The second-order valence-corrected chi connectivity index (χ2v) is 9.06. The molecule has 0 bridgehead atoms. The van der Waals surface area contributed by atoms with E-state index in [0.717, 1.165) is 36.1 Å².